The van der Waals surface area contributed by atoms with Crippen molar-refractivity contribution >= 4 is 22.8 Å². The van der Waals surface area contributed by atoms with Crippen LogP contribution >= 0.6 is 0 Å². The van der Waals surface area contributed by atoms with Crippen molar-refractivity contribution in [3.05, 3.63) is 55.0 Å². The number of para-hydroxylation sites is 1. The van der Waals surface area contributed by atoms with Gasteiger partial charge >= 0.3 is 0 Å². The first-order valence-corrected chi connectivity index (χ1v) is 11.9. The van der Waals surface area contributed by atoms with Gasteiger partial charge in [0.1, 0.15) is 29.3 Å². The van der Waals surface area contributed by atoms with Gasteiger partial charge in [0.15, 0.2) is 5.65 Å². The molecule has 180 valence electrons. The molecule has 9 heteroatoms. The van der Waals surface area contributed by atoms with E-state index in [1.54, 1.807) is 13.1 Å². The lowest BCUT2D eigenvalue weighted by Gasteiger charge is -2.45. The lowest BCUT2D eigenvalue weighted by Crippen LogP contribution is -2.42. The molecular weight excluding hydrogens is 454 g/mol. The molecule has 2 fully saturated rings. The molecule has 1 aromatic carbocycles. The standard InChI is InChI=1S/C27H25N7O2/c1-2-6-22(35)33-12-11-27(16-33)13-18(14-27)34-26-23(25(28)30-17-31-26)24(32-34)21-10-9-20(15-29-21)36-19-7-4-3-5-8-19/h3-5,7-10,15,17-18H,11-14,16H2,1H3,(H2,28,30,31)/t18-,27-. The second-order valence-electron chi connectivity index (χ2n) is 9.46. The third-order valence-electron chi connectivity index (χ3n) is 7.12. The number of nitrogen functional groups attached to an aromatic ring is 1. The highest BCUT2D eigenvalue weighted by atomic mass is 16.5. The summed E-state index contributed by atoms with van der Waals surface area (Å²) in [6, 6.07) is 13.5. The lowest BCUT2D eigenvalue weighted by molar-refractivity contribution is -0.125. The Morgan fingerprint density at radius 1 is 1.11 bits per heavy atom. The third kappa shape index (κ3) is 3.81. The van der Waals surface area contributed by atoms with Crippen molar-refractivity contribution in [1.29, 1.82) is 0 Å². The van der Waals surface area contributed by atoms with E-state index in [2.05, 4.69) is 26.8 Å². The Labute approximate surface area is 208 Å². The molecule has 1 aliphatic carbocycles. The number of fused-ring (bicyclic) bond motifs is 1. The van der Waals surface area contributed by atoms with Crippen molar-refractivity contribution in [2.45, 2.75) is 32.2 Å². The van der Waals surface area contributed by atoms with Gasteiger partial charge in [-0.05, 0) is 61.8 Å². The van der Waals surface area contributed by atoms with Gasteiger partial charge < -0.3 is 15.4 Å². The van der Waals surface area contributed by atoms with E-state index >= 15 is 0 Å². The molecule has 0 unspecified atom stereocenters. The van der Waals surface area contributed by atoms with Crippen LogP contribution in [0.5, 0.6) is 11.5 Å². The number of benzene rings is 1. The number of aromatic nitrogens is 5. The van der Waals surface area contributed by atoms with Gasteiger partial charge in [-0.15, -0.1) is 0 Å². The largest absolute Gasteiger partial charge is 0.456 e. The van der Waals surface area contributed by atoms with E-state index in [1.165, 1.54) is 6.33 Å². The summed E-state index contributed by atoms with van der Waals surface area (Å²) in [5, 5.41) is 5.62. The van der Waals surface area contributed by atoms with E-state index in [4.69, 9.17) is 15.6 Å². The number of hydrogen-bond acceptors (Lipinski definition) is 7. The zero-order valence-electron chi connectivity index (χ0n) is 19.9. The number of pyridine rings is 1. The number of likely N-dealkylation sites (tertiary alicyclic amines) is 1. The van der Waals surface area contributed by atoms with Crippen LogP contribution in [0.25, 0.3) is 22.4 Å². The van der Waals surface area contributed by atoms with Gasteiger partial charge in [-0.3, -0.25) is 9.78 Å². The summed E-state index contributed by atoms with van der Waals surface area (Å²) in [5.41, 5.74) is 8.42. The number of anilines is 1. The quantitative estimate of drug-likeness (QED) is 0.443. The number of hydrogen-bond donors (Lipinski definition) is 1. The molecular formula is C27H25N7O2. The van der Waals surface area contributed by atoms with E-state index in [1.807, 2.05) is 52.0 Å². The van der Waals surface area contributed by atoms with E-state index in [0.29, 0.717) is 34.0 Å². The van der Waals surface area contributed by atoms with Crippen molar-refractivity contribution < 1.29 is 9.53 Å². The summed E-state index contributed by atoms with van der Waals surface area (Å²) in [7, 11) is 0. The van der Waals surface area contributed by atoms with Gasteiger partial charge in [0, 0.05) is 13.1 Å². The zero-order valence-corrected chi connectivity index (χ0v) is 19.9. The van der Waals surface area contributed by atoms with Crippen LogP contribution in [-0.2, 0) is 4.79 Å². The number of ether oxygens (including phenoxy) is 1. The Bertz CT molecular complexity index is 1500. The second-order valence-corrected chi connectivity index (χ2v) is 9.46. The smallest absolute Gasteiger partial charge is 0.298 e. The van der Waals surface area contributed by atoms with Crippen LogP contribution in [0.4, 0.5) is 5.82 Å². The number of nitrogens with zero attached hydrogens (tertiary/aromatic N) is 6. The molecule has 2 aliphatic rings. The number of rotatable bonds is 4. The van der Waals surface area contributed by atoms with Gasteiger partial charge in [0.25, 0.3) is 5.91 Å². The molecule has 3 aromatic heterocycles. The number of amides is 1. The summed E-state index contributed by atoms with van der Waals surface area (Å²) in [4.78, 5) is 27.4. The molecule has 6 rings (SSSR count). The Kier molecular flexibility index (Phi) is 5.29. The highest BCUT2D eigenvalue weighted by molar-refractivity contribution is 5.97. The minimum absolute atomic E-state index is 0.0871. The van der Waals surface area contributed by atoms with Crippen molar-refractivity contribution in [1.82, 2.24) is 29.6 Å². The van der Waals surface area contributed by atoms with E-state index in [-0.39, 0.29) is 17.4 Å². The predicted octanol–water partition coefficient (Wildman–Crippen LogP) is 3.84. The van der Waals surface area contributed by atoms with Crippen LogP contribution in [0.3, 0.4) is 0 Å². The summed E-state index contributed by atoms with van der Waals surface area (Å²) in [6.45, 7) is 3.18. The van der Waals surface area contributed by atoms with Gasteiger partial charge in [-0.1, -0.05) is 24.1 Å². The summed E-state index contributed by atoms with van der Waals surface area (Å²) >= 11 is 0. The van der Waals surface area contributed by atoms with Crippen molar-refractivity contribution in [2.24, 2.45) is 5.41 Å². The average Bonchev–Trinajstić information content (AvgIpc) is 3.48. The molecule has 1 spiro atoms. The molecule has 1 amide bonds. The number of nitrogens with two attached hydrogens (primary N) is 1. The molecule has 2 N–H and O–H groups in total. The lowest BCUT2D eigenvalue weighted by atomic mass is 9.65. The van der Waals surface area contributed by atoms with Crippen LogP contribution in [0.1, 0.15) is 32.2 Å². The van der Waals surface area contributed by atoms with Crippen LogP contribution in [0.2, 0.25) is 0 Å². The molecule has 0 bridgehead atoms. The Hall–Kier alpha value is -4.45. The first-order valence-electron chi connectivity index (χ1n) is 11.9. The van der Waals surface area contributed by atoms with Crippen molar-refractivity contribution in [3.63, 3.8) is 0 Å². The molecule has 4 heterocycles. The van der Waals surface area contributed by atoms with Gasteiger partial charge in [0.05, 0.1) is 23.3 Å². The summed E-state index contributed by atoms with van der Waals surface area (Å²) in [6.07, 6.45) is 5.97. The fourth-order valence-corrected chi connectivity index (χ4v) is 5.38. The fourth-order valence-electron chi connectivity index (χ4n) is 5.38. The molecule has 0 radical (unpaired) electrons. The SMILES string of the molecule is CC#CC(=O)N1CC[C@]2(C1)C[C@H](n1nc(-c3ccc(Oc4ccccc4)cn3)c3c(N)ncnc31)C2. The Morgan fingerprint density at radius 3 is 2.69 bits per heavy atom. The van der Waals surface area contributed by atoms with Crippen LogP contribution in [-0.4, -0.2) is 48.6 Å². The van der Waals surface area contributed by atoms with Crippen molar-refractivity contribution in [2.75, 3.05) is 18.8 Å². The molecule has 4 aromatic rings. The molecule has 36 heavy (non-hydrogen) atoms. The maximum atomic E-state index is 12.2. The minimum Gasteiger partial charge on any atom is -0.456 e. The molecule has 1 saturated heterocycles. The van der Waals surface area contributed by atoms with Gasteiger partial charge in [-0.25, -0.2) is 14.6 Å². The molecule has 1 aliphatic heterocycles. The fraction of sp³-hybridized carbons (Fsp3) is 0.296. The minimum atomic E-state index is -0.0871. The van der Waals surface area contributed by atoms with Crippen LogP contribution < -0.4 is 10.5 Å². The van der Waals surface area contributed by atoms with Crippen LogP contribution in [0, 0.1) is 17.3 Å². The number of carbonyl (C=O) groups excluding carboxylic acids is 1. The first-order chi connectivity index (χ1) is 17.5. The van der Waals surface area contributed by atoms with E-state index in [0.717, 1.165) is 38.1 Å². The highest BCUT2D eigenvalue weighted by Crippen LogP contribution is 2.54. The van der Waals surface area contributed by atoms with E-state index < -0.39 is 0 Å². The summed E-state index contributed by atoms with van der Waals surface area (Å²) in [5.74, 6) is 7.02. The Morgan fingerprint density at radius 2 is 1.94 bits per heavy atom. The third-order valence-corrected chi connectivity index (χ3v) is 7.12. The molecule has 0 atom stereocenters. The zero-order chi connectivity index (χ0) is 24.7. The first kappa shape index (κ1) is 22.0. The van der Waals surface area contributed by atoms with Gasteiger partial charge in [0.2, 0.25) is 0 Å². The normalized spacial score (nSPS) is 20.7. The topological polar surface area (TPSA) is 112 Å². The highest BCUT2D eigenvalue weighted by Gasteiger charge is 2.50. The second kappa shape index (κ2) is 8.64. The summed E-state index contributed by atoms with van der Waals surface area (Å²) < 4.78 is 7.83. The van der Waals surface area contributed by atoms with E-state index in [9.17, 15) is 4.79 Å². The van der Waals surface area contributed by atoms with Crippen LogP contribution in [0.15, 0.2) is 55.0 Å². The van der Waals surface area contributed by atoms with Gasteiger partial charge in [-0.2, -0.15) is 5.10 Å². The van der Waals surface area contributed by atoms with Crippen molar-refractivity contribution in [3.8, 4) is 34.7 Å². The Balaban J connectivity index is 1.26. The average molecular weight is 480 g/mol. The number of carbonyl (C=O) groups is 1. The predicted molar refractivity (Wildman–Crippen MR) is 135 cm³/mol. The monoisotopic (exact) mass is 479 g/mol. The maximum absolute atomic E-state index is 12.2. The maximum Gasteiger partial charge on any atom is 0.298 e. The molecule has 9 nitrogen and oxygen atoms in total. The molecule has 1 saturated carbocycles.